The lowest BCUT2D eigenvalue weighted by Gasteiger charge is -2.44. The van der Waals surface area contributed by atoms with Crippen LogP contribution >= 0.6 is 0 Å². The highest BCUT2D eigenvalue weighted by Crippen LogP contribution is 2.45. The lowest BCUT2D eigenvalue weighted by Crippen LogP contribution is -2.67. The van der Waals surface area contributed by atoms with E-state index in [0.29, 0.717) is 11.5 Å². The number of hydrogen-bond donors (Lipinski definition) is 2. The largest absolute Gasteiger partial charge is 0.454 e. The highest BCUT2D eigenvalue weighted by Gasteiger charge is 2.54. The molecule has 0 radical (unpaired) electrons. The van der Waals surface area contributed by atoms with Crippen molar-refractivity contribution in [2.24, 2.45) is 5.92 Å². The van der Waals surface area contributed by atoms with Crippen LogP contribution < -0.4 is 19.8 Å². The Hall–Kier alpha value is -2.68. The third-order valence-electron chi connectivity index (χ3n) is 7.46. The molecule has 1 fully saturated rings. The monoisotopic (exact) mass is 506 g/mol. The van der Waals surface area contributed by atoms with Crippen LogP contribution in [0, 0.1) is 5.92 Å². The topological polar surface area (TPSA) is 77.4 Å². The number of aliphatic hydroxyl groups excluding tert-OH is 1. The molecule has 3 aromatic rings. The fourth-order valence-corrected chi connectivity index (χ4v) is 10.1. The van der Waals surface area contributed by atoms with Gasteiger partial charge in [0.1, 0.15) is 5.60 Å². The molecule has 2 aliphatic rings. The number of hydrogen-bond acceptors (Lipinski definition) is 6. The van der Waals surface area contributed by atoms with Gasteiger partial charge in [0.2, 0.25) is 6.79 Å². The van der Waals surface area contributed by atoms with Gasteiger partial charge in [-0.1, -0.05) is 87.5 Å². The van der Waals surface area contributed by atoms with Gasteiger partial charge in [-0.3, -0.25) is 0 Å². The Morgan fingerprint density at radius 2 is 1.53 bits per heavy atom. The molecule has 6 nitrogen and oxygen atoms in total. The summed E-state index contributed by atoms with van der Waals surface area (Å²) in [4.78, 5) is 0. The Bertz CT molecular complexity index is 1140. The minimum atomic E-state index is -2.83. The fourth-order valence-electron chi connectivity index (χ4n) is 5.54. The zero-order chi connectivity index (χ0) is 25.4. The summed E-state index contributed by atoms with van der Waals surface area (Å²) in [5.74, 6) is 0.862. The van der Waals surface area contributed by atoms with Crippen molar-refractivity contribution in [3.63, 3.8) is 0 Å². The fraction of sp³-hybridized carbons (Fsp3) is 0.379. The summed E-state index contributed by atoms with van der Waals surface area (Å²) in [5, 5.41) is 23.8. The molecule has 0 unspecified atom stereocenters. The normalized spacial score (nSPS) is 23.7. The molecule has 5 rings (SSSR count). The van der Waals surface area contributed by atoms with Crippen LogP contribution in [0.3, 0.4) is 0 Å². The van der Waals surface area contributed by atoms with E-state index in [0.717, 1.165) is 15.9 Å². The van der Waals surface area contributed by atoms with E-state index >= 15 is 0 Å². The van der Waals surface area contributed by atoms with Crippen LogP contribution in [-0.2, 0) is 9.16 Å². The summed E-state index contributed by atoms with van der Waals surface area (Å²) in [7, 11) is -2.83. The van der Waals surface area contributed by atoms with Crippen LogP contribution in [-0.4, -0.2) is 50.7 Å². The minimum Gasteiger partial charge on any atom is -0.454 e. The zero-order valence-electron chi connectivity index (χ0n) is 21.0. The molecule has 0 spiro atoms. The summed E-state index contributed by atoms with van der Waals surface area (Å²) < 4.78 is 24.3. The molecule has 36 heavy (non-hydrogen) atoms. The lowest BCUT2D eigenvalue weighted by atomic mass is 9.85. The molecule has 2 N–H and O–H groups in total. The van der Waals surface area contributed by atoms with Crippen molar-refractivity contribution in [2.45, 2.75) is 37.5 Å². The van der Waals surface area contributed by atoms with Gasteiger partial charge in [-0.15, -0.1) is 0 Å². The van der Waals surface area contributed by atoms with Gasteiger partial charge in [0.15, 0.2) is 11.5 Å². The van der Waals surface area contributed by atoms with Crippen LogP contribution in [0.25, 0.3) is 0 Å². The van der Waals surface area contributed by atoms with Gasteiger partial charge < -0.3 is 28.8 Å². The van der Waals surface area contributed by atoms with E-state index in [1.54, 1.807) is 0 Å². The minimum absolute atomic E-state index is 0.0252. The maximum atomic E-state index is 11.4. The first-order valence-corrected chi connectivity index (χ1v) is 14.3. The standard InChI is InChI=1S/C29H34O6Si/c1-28(2,3)36(22-10-6-4-7-11-22,23-12-8-5-9-13-23)35-17-24-27(32-19-29(24,31)18-30)21-14-15-25-26(16-21)34-20-33-25/h4-16,24,27,30-31H,17-20H2,1-3H3/t24-,27-,29+/m1/s1. The molecule has 0 amide bonds. The van der Waals surface area contributed by atoms with E-state index in [1.807, 2.05) is 54.6 Å². The highest BCUT2D eigenvalue weighted by molar-refractivity contribution is 6.99. The van der Waals surface area contributed by atoms with Crippen molar-refractivity contribution < 1.29 is 28.8 Å². The zero-order valence-corrected chi connectivity index (χ0v) is 22.0. The highest BCUT2D eigenvalue weighted by atomic mass is 28.4. The first kappa shape index (κ1) is 25.0. The van der Waals surface area contributed by atoms with Gasteiger partial charge in [-0.2, -0.15) is 0 Å². The molecule has 7 heteroatoms. The predicted octanol–water partition coefficient (Wildman–Crippen LogP) is 3.40. The van der Waals surface area contributed by atoms with E-state index in [9.17, 15) is 10.2 Å². The first-order valence-electron chi connectivity index (χ1n) is 12.4. The second-order valence-electron chi connectivity index (χ2n) is 10.7. The number of fused-ring (bicyclic) bond motifs is 1. The van der Waals surface area contributed by atoms with Crippen molar-refractivity contribution in [3.05, 3.63) is 84.4 Å². The second-order valence-corrected chi connectivity index (χ2v) is 15.0. The SMILES string of the molecule is CC(C)(C)[Si](OC[C@@H]1[C@@H](c2ccc3c(c2)OCO3)OC[C@@]1(O)CO)(c1ccccc1)c1ccccc1. The average Bonchev–Trinajstić information content (AvgIpc) is 3.49. The summed E-state index contributed by atoms with van der Waals surface area (Å²) in [6, 6.07) is 26.5. The molecule has 3 atom stereocenters. The van der Waals surface area contributed by atoms with Crippen molar-refractivity contribution in [3.8, 4) is 11.5 Å². The molecule has 2 aliphatic heterocycles. The Morgan fingerprint density at radius 3 is 2.11 bits per heavy atom. The van der Waals surface area contributed by atoms with Crippen LogP contribution in [0.1, 0.15) is 32.4 Å². The third kappa shape index (κ3) is 4.25. The van der Waals surface area contributed by atoms with Crippen molar-refractivity contribution in [1.29, 1.82) is 0 Å². The van der Waals surface area contributed by atoms with Gasteiger partial charge >= 0.3 is 0 Å². The summed E-state index contributed by atoms with van der Waals surface area (Å²) in [6.45, 7) is 6.68. The summed E-state index contributed by atoms with van der Waals surface area (Å²) in [5.41, 5.74) is -0.563. The second kappa shape index (κ2) is 9.65. The van der Waals surface area contributed by atoms with E-state index in [-0.39, 0.29) is 25.0 Å². The maximum absolute atomic E-state index is 11.4. The van der Waals surface area contributed by atoms with E-state index in [1.165, 1.54) is 0 Å². The van der Waals surface area contributed by atoms with Crippen molar-refractivity contribution >= 4 is 18.7 Å². The van der Waals surface area contributed by atoms with Crippen LogP contribution in [0.2, 0.25) is 5.04 Å². The van der Waals surface area contributed by atoms with Gasteiger partial charge in [-0.25, -0.2) is 0 Å². The molecular weight excluding hydrogens is 472 g/mol. The van der Waals surface area contributed by atoms with E-state index in [4.69, 9.17) is 18.6 Å². The van der Waals surface area contributed by atoms with Gasteiger partial charge in [0.05, 0.1) is 19.3 Å². The molecule has 0 saturated carbocycles. The molecule has 0 aromatic heterocycles. The Morgan fingerprint density at radius 1 is 0.917 bits per heavy atom. The van der Waals surface area contributed by atoms with Gasteiger partial charge in [0.25, 0.3) is 8.32 Å². The number of ether oxygens (including phenoxy) is 3. The molecule has 0 aliphatic carbocycles. The molecule has 0 bridgehead atoms. The van der Waals surface area contributed by atoms with Crippen LogP contribution in [0.4, 0.5) is 0 Å². The summed E-state index contributed by atoms with van der Waals surface area (Å²) in [6.07, 6.45) is -0.463. The van der Waals surface area contributed by atoms with Gasteiger partial charge in [0, 0.05) is 12.5 Å². The van der Waals surface area contributed by atoms with Crippen LogP contribution in [0.15, 0.2) is 78.9 Å². The molecule has 1 saturated heterocycles. The van der Waals surface area contributed by atoms with Crippen LogP contribution in [0.5, 0.6) is 11.5 Å². The number of aliphatic hydroxyl groups is 2. The van der Waals surface area contributed by atoms with Gasteiger partial charge in [-0.05, 0) is 33.1 Å². The van der Waals surface area contributed by atoms with E-state index in [2.05, 4.69) is 45.0 Å². The molecule has 3 aromatic carbocycles. The predicted molar refractivity (Wildman–Crippen MR) is 140 cm³/mol. The van der Waals surface area contributed by atoms with E-state index < -0.39 is 32.5 Å². The molecular formula is C29H34O6Si. The van der Waals surface area contributed by atoms with Crippen molar-refractivity contribution in [1.82, 2.24) is 0 Å². The molecule has 190 valence electrons. The Balaban J connectivity index is 1.55. The average molecular weight is 507 g/mol. The quantitative estimate of drug-likeness (QED) is 0.479. The number of benzene rings is 3. The maximum Gasteiger partial charge on any atom is 0.261 e. The number of rotatable bonds is 7. The Kier molecular flexibility index (Phi) is 6.70. The van der Waals surface area contributed by atoms with Crippen molar-refractivity contribution in [2.75, 3.05) is 26.6 Å². The Labute approximate surface area is 213 Å². The third-order valence-corrected chi connectivity index (χ3v) is 12.5. The summed E-state index contributed by atoms with van der Waals surface area (Å²) >= 11 is 0. The molecule has 2 heterocycles. The first-order chi connectivity index (χ1) is 17.3. The smallest absolute Gasteiger partial charge is 0.261 e. The lowest BCUT2D eigenvalue weighted by molar-refractivity contribution is -0.0545.